The summed E-state index contributed by atoms with van der Waals surface area (Å²) in [5, 5.41) is 0. The first-order chi connectivity index (χ1) is 14.0. The van der Waals surface area contributed by atoms with Crippen LogP contribution in [0.3, 0.4) is 0 Å². The first-order valence-electron chi connectivity index (χ1n) is 10.1. The van der Waals surface area contributed by atoms with E-state index in [9.17, 15) is 9.59 Å². The van der Waals surface area contributed by atoms with Crippen LogP contribution in [0.4, 0.5) is 0 Å². The summed E-state index contributed by atoms with van der Waals surface area (Å²) in [5.74, 6) is 0.439. The molecule has 0 atom stereocenters. The molecule has 2 rings (SSSR count). The molecule has 0 aliphatic carbocycles. The fourth-order valence-electron chi connectivity index (χ4n) is 3.17. The Hall–Kier alpha value is -2.82. The standard InChI is InChI=1S/C24H30O5/c1-4-28-23(25)12-8-19-15-20(9-13-24(26)29-5-2)17-21(16-19)14-18-6-10-22(27-3)11-7-18/h6-7,10-11,15-17H,4-5,8-9,12-14H2,1-3H3. The highest BCUT2D eigenvalue weighted by atomic mass is 16.5. The van der Waals surface area contributed by atoms with E-state index in [1.807, 2.05) is 24.3 Å². The fraction of sp³-hybridized carbons (Fsp3) is 0.417. The normalized spacial score (nSPS) is 10.4. The summed E-state index contributed by atoms with van der Waals surface area (Å²) in [4.78, 5) is 23.5. The maximum Gasteiger partial charge on any atom is 0.306 e. The number of rotatable bonds is 11. The number of hydrogen-bond acceptors (Lipinski definition) is 5. The van der Waals surface area contributed by atoms with Gasteiger partial charge in [0.1, 0.15) is 5.75 Å². The second-order valence-corrected chi connectivity index (χ2v) is 6.79. The topological polar surface area (TPSA) is 61.8 Å². The van der Waals surface area contributed by atoms with Crippen molar-refractivity contribution in [2.45, 2.75) is 46.0 Å². The van der Waals surface area contributed by atoms with E-state index in [2.05, 4.69) is 18.2 Å². The monoisotopic (exact) mass is 398 g/mol. The smallest absolute Gasteiger partial charge is 0.306 e. The Labute approximate surface area is 173 Å². The SMILES string of the molecule is CCOC(=O)CCc1cc(CCC(=O)OCC)cc(Cc2ccc(OC)cc2)c1. The largest absolute Gasteiger partial charge is 0.497 e. The Kier molecular flexibility index (Phi) is 9.22. The molecule has 0 aliphatic heterocycles. The van der Waals surface area contributed by atoms with Crippen molar-refractivity contribution in [1.82, 2.24) is 0 Å². The lowest BCUT2D eigenvalue weighted by atomic mass is 9.96. The lowest BCUT2D eigenvalue weighted by Gasteiger charge is -2.11. The lowest BCUT2D eigenvalue weighted by molar-refractivity contribution is -0.143. The minimum Gasteiger partial charge on any atom is -0.497 e. The van der Waals surface area contributed by atoms with E-state index in [1.165, 1.54) is 5.56 Å². The molecule has 0 N–H and O–H groups in total. The van der Waals surface area contributed by atoms with Crippen molar-refractivity contribution in [3.8, 4) is 5.75 Å². The van der Waals surface area contributed by atoms with Crippen molar-refractivity contribution in [3.63, 3.8) is 0 Å². The molecular weight excluding hydrogens is 368 g/mol. The third-order valence-corrected chi connectivity index (χ3v) is 4.53. The summed E-state index contributed by atoms with van der Waals surface area (Å²) >= 11 is 0. The molecule has 2 aromatic rings. The van der Waals surface area contributed by atoms with Gasteiger partial charge in [-0.15, -0.1) is 0 Å². The van der Waals surface area contributed by atoms with E-state index in [4.69, 9.17) is 14.2 Å². The van der Waals surface area contributed by atoms with E-state index in [0.717, 1.165) is 28.9 Å². The van der Waals surface area contributed by atoms with Gasteiger partial charge in [0.25, 0.3) is 0 Å². The molecule has 0 radical (unpaired) electrons. The zero-order chi connectivity index (χ0) is 21.1. The number of hydrogen-bond donors (Lipinski definition) is 0. The second-order valence-electron chi connectivity index (χ2n) is 6.79. The number of benzene rings is 2. The Morgan fingerprint density at radius 1 is 0.724 bits per heavy atom. The Morgan fingerprint density at radius 3 is 1.66 bits per heavy atom. The van der Waals surface area contributed by atoms with Crippen LogP contribution in [0.2, 0.25) is 0 Å². The number of ether oxygens (including phenoxy) is 3. The van der Waals surface area contributed by atoms with Crippen LogP contribution in [0.25, 0.3) is 0 Å². The highest BCUT2D eigenvalue weighted by Crippen LogP contribution is 2.19. The maximum atomic E-state index is 11.7. The van der Waals surface area contributed by atoms with Gasteiger partial charge in [-0.1, -0.05) is 30.3 Å². The average molecular weight is 398 g/mol. The predicted octanol–water partition coefficient (Wildman–Crippen LogP) is 4.28. The Morgan fingerprint density at radius 2 is 1.21 bits per heavy atom. The van der Waals surface area contributed by atoms with Crippen molar-refractivity contribution in [2.24, 2.45) is 0 Å². The molecule has 5 nitrogen and oxygen atoms in total. The molecule has 5 heteroatoms. The lowest BCUT2D eigenvalue weighted by Crippen LogP contribution is -2.07. The third-order valence-electron chi connectivity index (χ3n) is 4.53. The average Bonchev–Trinajstić information content (AvgIpc) is 2.72. The highest BCUT2D eigenvalue weighted by molar-refractivity contribution is 5.70. The van der Waals surface area contributed by atoms with Crippen molar-refractivity contribution in [2.75, 3.05) is 20.3 Å². The van der Waals surface area contributed by atoms with Gasteiger partial charge in [0.05, 0.1) is 20.3 Å². The molecule has 0 fully saturated rings. The van der Waals surface area contributed by atoms with Gasteiger partial charge in [-0.3, -0.25) is 9.59 Å². The molecule has 0 bridgehead atoms. The van der Waals surface area contributed by atoms with Crippen LogP contribution in [-0.4, -0.2) is 32.3 Å². The van der Waals surface area contributed by atoms with Crippen LogP contribution in [0, 0.1) is 0 Å². The van der Waals surface area contributed by atoms with E-state index >= 15 is 0 Å². The minimum absolute atomic E-state index is 0.193. The van der Waals surface area contributed by atoms with E-state index in [-0.39, 0.29) is 11.9 Å². The van der Waals surface area contributed by atoms with Gasteiger partial charge in [0.2, 0.25) is 0 Å². The second kappa shape index (κ2) is 11.9. The molecule has 0 saturated heterocycles. The molecule has 0 heterocycles. The van der Waals surface area contributed by atoms with Gasteiger partial charge in [-0.05, 0) is 67.5 Å². The first-order valence-corrected chi connectivity index (χ1v) is 10.1. The van der Waals surface area contributed by atoms with Gasteiger partial charge >= 0.3 is 11.9 Å². The van der Waals surface area contributed by atoms with E-state index in [0.29, 0.717) is 38.9 Å². The quantitative estimate of drug-likeness (QED) is 0.529. The van der Waals surface area contributed by atoms with Crippen molar-refractivity contribution < 1.29 is 23.8 Å². The van der Waals surface area contributed by atoms with Gasteiger partial charge in [0, 0.05) is 12.8 Å². The number of carbonyl (C=O) groups excluding carboxylic acids is 2. The van der Waals surface area contributed by atoms with Gasteiger partial charge in [-0.2, -0.15) is 0 Å². The minimum atomic E-state index is -0.193. The zero-order valence-electron chi connectivity index (χ0n) is 17.5. The summed E-state index contributed by atoms with van der Waals surface area (Å²) in [5.41, 5.74) is 4.46. The Bertz CT molecular complexity index is 755. The molecule has 0 saturated carbocycles. The van der Waals surface area contributed by atoms with Crippen LogP contribution in [0.1, 0.15) is 48.9 Å². The molecular formula is C24H30O5. The summed E-state index contributed by atoms with van der Waals surface area (Å²) in [6, 6.07) is 14.3. The van der Waals surface area contributed by atoms with Crippen LogP contribution >= 0.6 is 0 Å². The molecule has 0 spiro atoms. The number of aryl methyl sites for hydroxylation is 2. The molecule has 0 aliphatic rings. The Balaban J connectivity index is 2.15. The molecule has 0 aromatic heterocycles. The predicted molar refractivity (Wildman–Crippen MR) is 112 cm³/mol. The van der Waals surface area contributed by atoms with E-state index < -0.39 is 0 Å². The maximum absolute atomic E-state index is 11.7. The number of methoxy groups -OCH3 is 1. The third kappa shape index (κ3) is 7.98. The van der Waals surface area contributed by atoms with Crippen molar-refractivity contribution >= 4 is 11.9 Å². The summed E-state index contributed by atoms with van der Waals surface area (Å²) in [7, 11) is 1.65. The van der Waals surface area contributed by atoms with Gasteiger partial charge in [0.15, 0.2) is 0 Å². The summed E-state index contributed by atoms with van der Waals surface area (Å²) in [6.07, 6.45) is 2.68. The number of carbonyl (C=O) groups is 2. The summed E-state index contributed by atoms with van der Waals surface area (Å²) in [6.45, 7) is 4.39. The van der Waals surface area contributed by atoms with Crippen LogP contribution in [-0.2, 0) is 38.3 Å². The molecule has 2 aromatic carbocycles. The van der Waals surface area contributed by atoms with Crippen LogP contribution in [0.15, 0.2) is 42.5 Å². The first kappa shape index (κ1) is 22.5. The van der Waals surface area contributed by atoms with Crippen molar-refractivity contribution in [1.29, 1.82) is 0 Å². The van der Waals surface area contributed by atoms with Crippen molar-refractivity contribution in [3.05, 3.63) is 64.7 Å². The van der Waals surface area contributed by atoms with Gasteiger partial charge < -0.3 is 14.2 Å². The van der Waals surface area contributed by atoms with Crippen LogP contribution in [0.5, 0.6) is 5.75 Å². The molecule has 0 amide bonds. The van der Waals surface area contributed by atoms with Gasteiger partial charge in [-0.25, -0.2) is 0 Å². The molecule has 0 unspecified atom stereocenters. The number of esters is 2. The highest BCUT2D eigenvalue weighted by Gasteiger charge is 2.09. The summed E-state index contributed by atoms with van der Waals surface area (Å²) < 4.78 is 15.3. The fourth-order valence-corrected chi connectivity index (χ4v) is 3.17. The molecule has 29 heavy (non-hydrogen) atoms. The van der Waals surface area contributed by atoms with Crippen LogP contribution < -0.4 is 4.74 Å². The molecule has 156 valence electrons. The van der Waals surface area contributed by atoms with E-state index in [1.54, 1.807) is 21.0 Å². The zero-order valence-corrected chi connectivity index (χ0v) is 17.5.